The molecule has 18 heavy (non-hydrogen) atoms. The van der Waals surface area contributed by atoms with E-state index in [2.05, 4.69) is 25.6 Å². The van der Waals surface area contributed by atoms with Crippen molar-refractivity contribution in [2.75, 3.05) is 5.43 Å². The summed E-state index contributed by atoms with van der Waals surface area (Å²) in [6, 6.07) is 1.79. The van der Waals surface area contributed by atoms with Crippen LogP contribution in [0.15, 0.2) is 12.4 Å². The normalized spacial score (nSPS) is 10.7. The lowest BCUT2D eigenvalue weighted by Gasteiger charge is -2.14. The second kappa shape index (κ2) is 5.01. The second-order valence-electron chi connectivity index (χ2n) is 4.23. The van der Waals surface area contributed by atoms with Crippen molar-refractivity contribution in [1.29, 1.82) is 0 Å². The van der Waals surface area contributed by atoms with Gasteiger partial charge in [0.15, 0.2) is 5.82 Å². The van der Waals surface area contributed by atoms with Gasteiger partial charge in [-0.2, -0.15) is 0 Å². The molecule has 0 saturated carbocycles. The van der Waals surface area contributed by atoms with E-state index in [-0.39, 0.29) is 5.92 Å². The lowest BCUT2D eigenvalue weighted by atomic mass is 10.1. The molecule has 2 rings (SSSR count). The summed E-state index contributed by atoms with van der Waals surface area (Å²) in [7, 11) is 0. The van der Waals surface area contributed by atoms with Gasteiger partial charge in [0.2, 0.25) is 11.8 Å². The molecule has 2 heterocycles. The maximum absolute atomic E-state index is 5.65. The quantitative estimate of drug-likeness (QED) is 0.562. The van der Waals surface area contributed by atoms with Crippen molar-refractivity contribution >= 4 is 5.82 Å². The average molecular weight is 248 g/mol. The van der Waals surface area contributed by atoms with Gasteiger partial charge >= 0.3 is 0 Å². The number of hydrazine groups is 1. The first-order valence-electron chi connectivity index (χ1n) is 5.63. The van der Waals surface area contributed by atoms with E-state index in [1.165, 1.54) is 6.33 Å². The summed E-state index contributed by atoms with van der Waals surface area (Å²) in [6.07, 6.45) is 1.40. The van der Waals surface area contributed by atoms with Crippen LogP contribution in [0, 0.1) is 6.92 Å². The summed E-state index contributed by atoms with van der Waals surface area (Å²) >= 11 is 0. The van der Waals surface area contributed by atoms with Gasteiger partial charge in [0.05, 0.1) is 5.56 Å². The van der Waals surface area contributed by atoms with Crippen LogP contribution in [0.1, 0.15) is 31.0 Å². The van der Waals surface area contributed by atoms with E-state index >= 15 is 0 Å². The number of aryl methyl sites for hydroxylation is 1. The molecule has 0 aliphatic rings. The summed E-state index contributed by atoms with van der Waals surface area (Å²) in [6.45, 7) is 5.93. The lowest BCUT2D eigenvalue weighted by Crippen LogP contribution is -2.13. The summed E-state index contributed by atoms with van der Waals surface area (Å²) in [5.74, 6) is 7.09. The molecule has 0 aliphatic carbocycles. The van der Waals surface area contributed by atoms with Crippen LogP contribution in [0.2, 0.25) is 0 Å². The van der Waals surface area contributed by atoms with Crippen molar-refractivity contribution in [1.82, 2.24) is 20.2 Å². The fourth-order valence-electron chi connectivity index (χ4n) is 1.64. The van der Waals surface area contributed by atoms with Crippen LogP contribution in [-0.4, -0.2) is 20.2 Å². The predicted molar refractivity (Wildman–Crippen MR) is 67.3 cm³/mol. The molecule has 0 fully saturated rings. The largest absolute Gasteiger partial charge is 0.419 e. The number of hydrogen-bond acceptors (Lipinski definition) is 6. The highest BCUT2D eigenvalue weighted by molar-refractivity contribution is 5.50. The summed E-state index contributed by atoms with van der Waals surface area (Å²) in [5, 5.41) is 6.82. The number of nitrogens with two attached hydrogens (primary N) is 1. The Kier molecular flexibility index (Phi) is 3.42. The smallest absolute Gasteiger partial charge is 0.240 e. The van der Waals surface area contributed by atoms with Crippen LogP contribution < -0.4 is 16.0 Å². The van der Waals surface area contributed by atoms with Crippen LogP contribution >= 0.6 is 0 Å². The molecule has 0 radical (unpaired) electrons. The zero-order valence-corrected chi connectivity index (χ0v) is 10.6. The topological polar surface area (TPSA) is 102 Å². The van der Waals surface area contributed by atoms with E-state index < -0.39 is 0 Å². The number of aromatic nitrogens is 4. The lowest BCUT2D eigenvalue weighted by molar-refractivity contribution is 0.433. The van der Waals surface area contributed by atoms with Crippen LogP contribution in [0.5, 0.6) is 11.8 Å². The van der Waals surface area contributed by atoms with E-state index in [1.54, 1.807) is 6.07 Å². The standard InChI is InChI=1S/C11H16N6O/c1-6(2)9-10(15-12)13-5-14-11(9)18-8-4-7(3)16-17-8/h4-6H,12H2,1-3H3,(H,16,17)(H,13,14,15). The van der Waals surface area contributed by atoms with Crippen molar-refractivity contribution in [3.05, 3.63) is 23.7 Å². The van der Waals surface area contributed by atoms with Gasteiger partial charge in [0.1, 0.15) is 6.33 Å². The van der Waals surface area contributed by atoms with Crippen molar-refractivity contribution in [3.8, 4) is 11.8 Å². The van der Waals surface area contributed by atoms with Crippen LogP contribution in [0.25, 0.3) is 0 Å². The fourth-order valence-corrected chi connectivity index (χ4v) is 1.64. The Morgan fingerprint density at radius 1 is 1.39 bits per heavy atom. The molecule has 0 amide bonds. The van der Waals surface area contributed by atoms with Gasteiger partial charge in [-0.3, -0.25) is 5.10 Å². The molecule has 0 saturated heterocycles. The van der Waals surface area contributed by atoms with Crippen molar-refractivity contribution in [2.24, 2.45) is 5.84 Å². The third kappa shape index (κ3) is 2.40. The molecule has 2 aromatic rings. The van der Waals surface area contributed by atoms with Gasteiger partial charge in [-0.05, 0) is 12.8 Å². The Morgan fingerprint density at radius 3 is 2.72 bits per heavy atom. The highest BCUT2D eigenvalue weighted by Gasteiger charge is 2.17. The van der Waals surface area contributed by atoms with Crippen molar-refractivity contribution in [3.63, 3.8) is 0 Å². The van der Waals surface area contributed by atoms with Gasteiger partial charge in [0, 0.05) is 11.8 Å². The molecule has 0 bridgehead atoms. The zero-order valence-electron chi connectivity index (χ0n) is 10.6. The first-order chi connectivity index (χ1) is 8.61. The molecular formula is C11H16N6O. The first kappa shape index (κ1) is 12.3. The highest BCUT2D eigenvalue weighted by Crippen LogP contribution is 2.31. The summed E-state index contributed by atoms with van der Waals surface area (Å²) < 4.78 is 5.65. The Bertz CT molecular complexity index is 536. The van der Waals surface area contributed by atoms with E-state index in [9.17, 15) is 0 Å². The molecule has 0 spiro atoms. The number of nitrogen functional groups attached to an aromatic ring is 1. The number of nitrogens with one attached hydrogen (secondary N) is 2. The van der Waals surface area contributed by atoms with Gasteiger partial charge in [-0.1, -0.05) is 13.8 Å². The van der Waals surface area contributed by atoms with Gasteiger partial charge in [0.25, 0.3) is 0 Å². The molecule has 96 valence electrons. The van der Waals surface area contributed by atoms with Crippen molar-refractivity contribution in [2.45, 2.75) is 26.7 Å². The molecule has 4 N–H and O–H groups in total. The van der Waals surface area contributed by atoms with Crippen LogP contribution in [0.4, 0.5) is 5.82 Å². The average Bonchev–Trinajstić information content (AvgIpc) is 2.74. The van der Waals surface area contributed by atoms with Crippen molar-refractivity contribution < 1.29 is 4.74 Å². The third-order valence-electron chi connectivity index (χ3n) is 2.45. The minimum absolute atomic E-state index is 0.173. The van der Waals surface area contributed by atoms with Gasteiger partial charge in [-0.15, -0.1) is 5.10 Å². The third-order valence-corrected chi connectivity index (χ3v) is 2.45. The van der Waals surface area contributed by atoms with Gasteiger partial charge in [-0.25, -0.2) is 15.8 Å². The summed E-state index contributed by atoms with van der Waals surface area (Å²) in [5.41, 5.74) is 4.29. The maximum Gasteiger partial charge on any atom is 0.240 e. The number of ether oxygens (including phenoxy) is 1. The van der Waals surface area contributed by atoms with Crippen LogP contribution in [0.3, 0.4) is 0 Å². The SMILES string of the molecule is Cc1cc(Oc2ncnc(NN)c2C(C)C)n[nH]1. The monoisotopic (exact) mass is 248 g/mol. The number of hydrogen-bond donors (Lipinski definition) is 3. The Labute approximate surface area is 105 Å². The number of aromatic amines is 1. The molecule has 7 heteroatoms. The Morgan fingerprint density at radius 2 is 2.17 bits per heavy atom. The van der Waals surface area contributed by atoms with E-state index in [1.807, 2.05) is 20.8 Å². The minimum Gasteiger partial charge on any atom is -0.419 e. The molecule has 0 aliphatic heterocycles. The second-order valence-corrected chi connectivity index (χ2v) is 4.23. The molecule has 0 atom stereocenters. The number of rotatable bonds is 4. The molecule has 0 unspecified atom stereocenters. The summed E-state index contributed by atoms with van der Waals surface area (Å²) in [4.78, 5) is 8.20. The number of anilines is 1. The zero-order chi connectivity index (χ0) is 13.1. The highest BCUT2D eigenvalue weighted by atomic mass is 16.5. The maximum atomic E-state index is 5.65. The minimum atomic E-state index is 0.173. The molecule has 7 nitrogen and oxygen atoms in total. The van der Waals surface area contributed by atoms with Gasteiger partial charge < -0.3 is 10.2 Å². The van der Waals surface area contributed by atoms with Crippen LogP contribution in [-0.2, 0) is 0 Å². The Hall–Kier alpha value is -2.15. The van der Waals surface area contributed by atoms with E-state index in [0.717, 1.165) is 11.3 Å². The fraction of sp³-hybridized carbons (Fsp3) is 0.364. The first-order valence-corrected chi connectivity index (χ1v) is 5.63. The molecule has 2 aromatic heterocycles. The van der Waals surface area contributed by atoms with E-state index in [4.69, 9.17) is 10.6 Å². The molecule has 0 aromatic carbocycles. The number of nitrogens with zero attached hydrogens (tertiary/aromatic N) is 3. The molecular weight excluding hydrogens is 232 g/mol. The number of H-pyrrole nitrogens is 1. The van der Waals surface area contributed by atoms with E-state index in [0.29, 0.717) is 17.6 Å². The predicted octanol–water partition coefficient (Wildman–Crippen LogP) is 1.71. The Balaban J connectivity index is 2.37.